The molecule has 0 saturated heterocycles. The number of hydrogen-bond acceptors (Lipinski definition) is 6. The second-order valence-corrected chi connectivity index (χ2v) is 7.77. The maximum atomic E-state index is 13.3. The number of aliphatic imine (C=N–C) groups is 1. The number of benzene rings is 3. The number of rotatable bonds is 7. The third-order valence-electron chi connectivity index (χ3n) is 5.56. The van der Waals surface area contributed by atoms with E-state index in [2.05, 4.69) is 28.8 Å². The molecule has 4 rings (SSSR count). The standard InChI is InChI=1S/C27H27N5O2/c1-3-31(4-2)23-14-15-25(33)21(17-23)18-29-32-26(20-8-6-5-7-9-20)30-24(27(32)34)16-19-10-12-22(28)13-11-19/h5-18,33H,3-4,28H2,1-2H3/b24-16-,29-18+. The number of nitrogens with two attached hydrogens (primary N) is 1. The van der Waals surface area contributed by atoms with E-state index in [0.717, 1.165) is 29.9 Å². The fraction of sp³-hybridized carbons (Fsp3) is 0.148. The lowest BCUT2D eigenvalue weighted by Crippen LogP contribution is -2.27. The number of carbonyl (C=O) groups excluding carboxylic acids is 1. The van der Waals surface area contributed by atoms with Crippen LogP contribution in [0.25, 0.3) is 6.08 Å². The Labute approximate surface area is 199 Å². The summed E-state index contributed by atoms with van der Waals surface area (Å²) in [4.78, 5) is 20.0. The highest BCUT2D eigenvalue weighted by atomic mass is 16.3. The molecular formula is C27H27N5O2. The number of nitrogen functional groups attached to an aromatic ring is 1. The fourth-order valence-corrected chi connectivity index (χ4v) is 3.69. The van der Waals surface area contributed by atoms with Crippen LogP contribution in [0, 0.1) is 0 Å². The SMILES string of the molecule is CCN(CC)c1ccc(O)c(/C=N/N2C(=O)/C(=C/c3ccc(N)cc3)N=C2c2ccccc2)c1. The van der Waals surface area contributed by atoms with Gasteiger partial charge in [0.05, 0.1) is 6.21 Å². The Morgan fingerprint density at radius 3 is 2.41 bits per heavy atom. The van der Waals surface area contributed by atoms with Crippen molar-refractivity contribution in [3.63, 3.8) is 0 Å². The molecule has 3 aromatic carbocycles. The zero-order valence-electron chi connectivity index (χ0n) is 19.2. The lowest BCUT2D eigenvalue weighted by Gasteiger charge is -2.21. The van der Waals surface area contributed by atoms with Gasteiger partial charge in [-0.25, -0.2) is 4.99 Å². The minimum Gasteiger partial charge on any atom is -0.507 e. The molecule has 1 heterocycles. The van der Waals surface area contributed by atoms with Crippen LogP contribution in [0.5, 0.6) is 5.75 Å². The molecule has 7 nitrogen and oxygen atoms in total. The first kappa shape index (κ1) is 22.8. The molecule has 7 heteroatoms. The van der Waals surface area contributed by atoms with Crippen molar-refractivity contribution in [2.75, 3.05) is 23.7 Å². The third kappa shape index (κ3) is 4.83. The largest absolute Gasteiger partial charge is 0.507 e. The van der Waals surface area contributed by atoms with Crippen molar-refractivity contribution in [3.8, 4) is 5.75 Å². The van der Waals surface area contributed by atoms with Crippen LogP contribution in [0.4, 0.5) is 11.4 Å². The highest BCUT2D eigenvalue weighted by Crippen LogP contribution is 2.25. The molecule has 0 radical (unpaired) electrons. The van der Waals surface area contributed by atoms with Crippen LogP contribution < -0.4 is 10.6 Å². The summed E-state index contributed by atoms with van der Waals surface area (Å²) < 4.78 is 0. The second-order valence-electron chi connectivity index (χ2n) is 7.77. The summed E-state index contributed by atoms with van der Waals surface area (Å²) in [6, 6.07) is 22.0. The van der Waals surface area contributed by atoms with Crippen molar-refractivity contribution in [2.24, 2.45) is 10.1 Å². The number of phenolic OH excluding ortho intramolecular Hbond substituents is 1. The molecule has 0 unspecified atom stereocenters. The number of nitrogens with zero attached hydrogens (tertiary/aromatic N) is 4. The van der Waals surface area contributed by atoms with Gasteiger partial charge in [0.25, 0.3) is 5.91 Å². The zero-order valence-corrected chi connectivity index (χ0v) is 19.2. The van der Waals surface area contributed by atoms with Crippen LogP contribution in [0.15, 0.2) is 88.6 Å². The van der Waals surface area contributed by atoms with Crippen LogP contribution in [-0.2, 0) is 4.79 Å². The van der Waals surface area contributed by atoms with Gasteiger partial charge in [-0.2, -0.15) is 10.1 Å². The number of hydrazone groups is 1. The van der Waals surface area contributed by atoms with Crippen LogP contribution in [0.3, 0.4) is 0 Å². The topological polar surface area (TPSA) is 94.5 Å². The minimum absolute atomic E-state index is 0.0853. The third-order valence-corrected chi connectivity index (χ3v) is 5.56. The van der Waals surface area contributed by atoms with Gasteiger partial charge in [-0.3, -0.25) is 4.79 Å². The molecule has 0 fully saturated rings. The van der Waals surface area contributed by atoms with Crippen molar-refractivity contribution in [1.29, 1.82) is 0 Å². The van der Waals surface area contributed by atoms with Crippen LogP contribution in [-0.4, -0.2) is 41.2 Å². The lowest BCUT2D eigenvalue weighted by molar-refractivity contribution is -0.122. The minimum atomic E-state index is -0.355. The van der Waals surface area contributed by atoms with Crippen molar-refractivity contribution >= 4 is 35.4 Å². The van der Waals surface area contributed by atoms with Crippen molar-refractivity contribution < 1.29 is 9.90 Å². The van der Waals surface area contributed by atoms with Gasteiger partial charge >= 0.3 is 0 Å². The average molecular weight is 454 g/mol. The molecule has 3 aromatic rings. The van der Waals surface area contributed by atoms with Gasteiger partial charge in [-0.05, 0) is 55.8 Å². The molecule has 1 aliphatic heterocycles. The first-order valence-corrected chi connectivity index (χ1v) is 11.2. The van der Waals surface area contributed by atoms with Crippen LogP contribution in [0.1, 0.15) is 30.5 Å². The van der Waals surface area contributed by atoms with E-state index < -0.39 is 0 Å². The van der Waals surface area contributed by atoms with Crippen molar-refractivity contribution in [1.82, 2.24) is 5.01 Å². The number of phenols is 1. The molecule has 172 valence electrons. The Morgan fingerprint density at radius 2 is 1.74 bits per heavy atom. The molecule has 0 aliphatic carbocycles. The predicted octanol–water partition coefficient (Wildman–Crippen LogP) is 4.48. The summed E-state index contributed by atoms with van der Waals surface area (Å²) in [6.07, 6.45) is 3.20. The van der Waals surface area contributed by atoms with E-state index in [1.807, 2.05) is 54.6 Å². The van der Waals surface area contributed by atoms with E-state index in [4.69, 9.17) is 5.73 Å². The number of amides is 1. The Balaban J connectivity index is 1.71. The summed E-state index contributed by atoms with van der Waals surface area (Å²) in [5.74, 6) is 0.149. The second kappa shape index (κ2) is 10.0. The van der Waals surface area contributed by atoms with E-state index in [-0.39, 0.29) is 17.4 Å². The summed E-state index contributed by atoms with van der Waals surface area (Å²) in [6.45, 7) is 5.83. The molecule has 0 spiro atoms. The molecule has 34 heavy (non-hydrogen) atoms. The van der Waals surface area contributed by atoms with E-state index >= 15 is 0 Å². The highest BCUT2D eigenvalue weighted by Gasteiger charge is 2.31. The smallest absolute Gasteiger partial charge is 0.298 e. The number of carbonyl (C=O) groups is 1. The quantitative estimate of drug-likeness (QED) is 0.313. The van der Waals surface area contributed by atoms with Crippen LogP contribution in [0.2, 0.25) is 0 Å². The van der Waals surface area contributed by atoms with Crippen LogP contribution >= 0.6 is 0 Å². The summed E-state index contributed by atoms with van der Waals surface area (Å²) in [5.41, 5.74) is 9.73. The first-order chi connectivity index (χ1) is 16.5. The van der Waals surface area contributed by atoms with Gasteiger partial charge in [-0.15, -0.1) is 0 Å². The van der Waals surface area contributed by atoms with Gasteiger partial charge in [0.1, 0.15) is 11.4 Å². The highest BCUT2D eigenvalue weighted by molar-refractivity contribution is 6.19. The van der Waals surface area contributed by atoms with Gasteiger partial charge in [0.15, 0.2) is 5.84 Å². The number of aromatic hydroxyl groups is 1. The Kier molecular flexibility index (Phi) is 6.73. The molecule has 1 aliphatic rings. The maximum Gasteiger partial charge on any atom is 0.298 e. The average Bonchev–Trinajstić information content (AvgIpc) is 3.17. The monoisotopic (exact) mass is 453 g/mol. The maximum absolute atomic E-state index is 13.3. The summed E-state index contributed by atoms with van der Waals surface area (Å²) in [5, 5.41) is 16.1. The van der Waals surface area contributed by atoms with Gasteiger partial charge in [0.2, 0.25) is 0 Å². The Hall–Kier alpha value is -4.39. The van der Waals surface area contributed by atoms with E-state index in [1.54, 1.807) is 24.3 Å². The van der Waals surface area contributed by atoms with E-state index in [1.165, 1.54) is 11.2 Å². The number of anilines is 2. The predicted molar refractivity (Wildman–Crippen MR) is 138 cm³/mol. The molecular weight excluding hydrogens is 426 g/mol. The van der Waals surface area contributed by atoms with E-state index in [9.17, 15) is 9.90 Å². The summed E-state index contributed by atoms with van der Waals surface area (Å²) in [7, 11) is 0. The lowest BCUT2D eigenvalue weighted by atomic mass is 10.1. The number of amidine groups is 1. The van der Waals surface area contributed by atoms with Crippen molar-refractivity contribution in [2.45, 2.75) is 13.8 Å². The molecule has 0 bridgehead atoms. The van der Waals surface area contributed by atoms with Crippen molar-refractivity contribution in [3.05, 3.63) is 95.2 Å². The Bertz CT molecular complexity index is 1260. The zero-order chi connectivity index (χ0) is 24.1. The molecule has 0 atom stereocenters. The Morgan fingerprint density at radius 1 is 1.03 bits per heavy atom. The van der Waals surface area contributed by atoms with E-state index in [0.29, 0.717) is 17.1 Å². The molecule has 3 N–H and O–H groups in total. The first-order valence-electron chi connectivity index (χ1n) is 11.2. The van der Waals surface area contributed by atoms with Gasteiger partial charge < -0.3 is 15.7 Å². The number of hydrogen-bond donors (Lipinski definition) is 2. The van der Waals surface area contributed by atoms with Gasteiger partial charge in [0, 0.05) is 35.6 Å². The summed E-state index contributed by atoms with van der Waals surface area (Å²) >= 11 is 0. The fourth-order valence-electron chi connectivity index (χ4n) is 3.69. The molecule has 0 saturated carbocycles. The normalized spacial score (nSPS) is 14.8. The van der Waals surface area contributed by atoms with Gasteiger partial charge in [-0.1, -0.05) is 42.5 Å². The molecule has 0 aromatic heterocycles. The molecule has 1 amide bonds.